The first-order valence-corrected chi connectivity index (χ1v) is 8.24. The van der Waals surface area contributed by atoms with Crippen molar-refractivity contribution in [2.45, 2.75) is 0 Å². The molecule has 7 nitrogen and oxygen atoms in total. The van der Waals surface area contributed by atoms with Crippen LogP contribution in [0.25, 0.3) is 22.4 Å². The van der Waals surface area contributed by atoms with Gasteiger partial charge in [0.25, 0.3) is 0 Å². The van der Waals surface area contributed by atoms with Gasteiger partial charge in [0.1, 0.15) is 12.1 Å². The molecule has 3 heterocycles. The third-order valence-corrected chi connectivity index (χ3v) is 4.16. The zero-order valence-electron chi connectivity index (χ0n) is 13.3. The Labute approximate surface area is 152 Å². The van der Waals surface area contributed by atoms with Gasteiger partial charge in [-0.15, -0.1) is 5.10 Å². The highest BCUT2D eigenvalue weighted by atomic mass is 35.5. The second kappa shape index (κ2) is 5.82. The molecule has 0 aliphatic heterocycles. The fourth-order valence-electron chi connectivity index (χ4n) is 2.71. The number of hydrogen-bond acceptors (Lipinski definition) is 5. The Morgan fingerprint density at radius 2 is 1.73 bits per heavy atom. The molecule has 0 atom stereocenters. The highest BCUT2D eigenvalue weighted by molar-refractivity contribution is 6.30. The fourth-order valence-corrected chi connectivity index (χ4v) is 2.84. The first-order valence-electron chi connectivity index (χ1n) is 7.86. The molecule has 0 N–H and O–H groups in total. The Morgan fingerprint density at radius 1 is 0.923 bits per heavy atom. The van der Waals surface area contributed by atoms with E-state index in [-0.39, 0.29) is 6.01 Å². The van der Waals surface area contributed by atoms with E-state index in [2.05, 4.69) is 20.2 Å². The quantitative estimate of drug-likeness (QED) is 0.486. The number of rotatable bonds is 3. The van der Waals surface area contributed by atoms with Gasteiger partial charge in [-0.25, -0.2) is 9.67 Å². The van der Waals surface area contributed by atoms with Gasteiger partial charge in [0.05, 0.1) is 17.3 Å². The third kappa shape index (κ3) is 2.46. The van der Waals surface area contributed by atoms with Crippen molar-refractivity contribution in [3.63, 3.8) is 0 Å². The van der Waals surface area contributed by atoms with Gasteiger partial charge in [0.15, 0.2) is 11.3 Å². The van der Waals surface area contributed by atoms with E-state index in [9.17, 15) is 0 Å². The van der Waals surface area contributed by atoms with E-state index in [0.29, 0.717) is 22.1 Å². The topological polar surface area (TPSA) is 70.1 Å². The number of benzene rings is 2. The average molecular weight is 363 g/mol. The molecule has 0 unspecified atom stereocenters. The van der Waals surface area contributed by atoms with Gasteiger partial charge < -0.3 is 4.74 Å². The van der Waals surface area contributed by atoms with Crippen molar-refractivity contribution in [3.8, 4) is 17.4 Å². The number of aromatic nitrogens is 6. The summed E-state index contributed by atoms with van der Waals surface area (Å²) in [7, 11) is 0. The highest BCUT2D eigenvalue weighted by Gasteiger charge is 2.14. The Bertz CT molecular complexity index is 1210. The normalized spacial score (nSPS) is 11.3. The van der Waals surface area contributed by atoms with Gasteiger partial charge in [0, 0.05) is 5.02 Å². The summed E-state index contributed by atoms with van der Waals surface area (Å²) in [6.45, 7) is 0. The summed E-state index contributed by atoms with van der Waals surface area (Å²) < 4.78 is 9.04. The second-order valence-electron chi connectivity index (χ2n) is 5.59. The lowest BCUT2D eigenvalue weighted by Crippen LogP contribution is -1.98. The summed E-state index contributed by atoms with van der Waals surface area (Å²) in [5.74, 6) is 0.606. The van der Waals surface area contributed by atoms with Gasteiger partial charge in [-0.05, 0) is 36.4 Å². The minimum Gasteiger partial charge on any atom is -0.423 e. The number of nitrogens with zero attached hydrogens (tertiary/aromatic N) is 6. The molecule has 2 aromatic carbocycles. The van der Waals surface area contributed by atoms with Crippen LogP contribution in [0.4, 0.5) is 0 Å². The minimum absolute atomic E-state index is 0.231. The zero-order valence-corrected chi connectivity index (χ0v) is 14.1. The molecule has 26 heavy (non-hydrogen) atoms. The van der Waals surface area contributed by atoms with Crippen molar-refractivity contribution in [2.75, 3.05) is 0 Å². The van der Waals surface area contributed by atoms with E-state index >= 15 is 0 Å². The molecule has 5 aromatic rings. The molecule has 0 bridgehead atoms. The number of hydrogen-bond donors (Lipinski definition) is 0. The van der Waals surface area contributed by atoms with E-state index < -0.39 is 0 Å². The maximum absolute atomic E-state index is 5.89. The van der Waals surface area contributed by atoms with E-state index in [1.807, 2.05) is 30.3 Å². The third-order valence-electron chi connectivity index (χ3n) is 3.91. The number of fused-ring (bicyclic) bond motifs is 3. The maximum Gasteiger partial charge on any atom is 0.342 e. The molecular formula is C18H11ClN6O. The molecular weight excluding hydrogens is 352 g/mol. The first kappa shape index (κ1) is 14.9. The molecule has 8 heteroatoms. The van der Waals surface area contributed by atoms with E-state index in [1.54, 1.807) is 46.0 Å². The van der Waals surface area contributed by atoms with Gasteiger partial charge in [-0.1, -0.05) is 29.8 Å². The largest absolute Gasteiger partial charge is 0.423 e. The summed E-state index contributed by atoms with van der Waals surface area (Å²) in [6.07, 6.45) is 3.33. The van der Waals surface area contributed by atoms with Crippen LogP contribution in [-0.2, 0) is 0 Å². The van der Waals surface area contributed by atoms with Crippen LogP contribution in [0.3, 0.4) is 0 Å². The van der Waals surface area contributed by atoms with E-state index in [1.165, 1.54) is 0 Å². The minimum atomic E-state index is 0.231. The van der Waals surface area contributed by atoms with Crippen molar-refractivity contribution in [1.29, 1.82) is 0 Å². The van der Waals surface area contributed by atoms with Crippen LogP contribution >= 0.6 is 11.6 Å². The van der Waals surface area contributed by atoms with Crippen LogP contribution in [0.15, 0.2) is 67.1 Å². The molecule has 0 radical (unpaired) electrons. The summed E-state index contributed by atoms with van der Waals surface area (Å²) in [6, 6.07) is 17.0. The first-order chi connectivity index (χ1) is 12.8. The standard InChI is InChI=1S/C18H11ClN6O/c19-12-6-8-14(9-7-12)26-18-22-17-15-10-21-25(13-4-2-1-3-5-13)16(15)20-11-24(17)23-18/h1-11H. The molecule has 3 aromatic heterocycles. The Morgan fingerprint density at radius 3 is 2.54 bits per heavy atom. The SMILES string of the molecule is Clc1ccc(Oc2nc3c4cnn(-c5ccccc5)c4ncn3n2)cc1. The molecule has 0 saturated heterocycles. The van der Waals surface area contributed by atoms with Gasteiger partial charge in [-0.3, -0.25) is 0 Å². The Kier molecular flexibility index (Phi) is 3.32. The summed E-state index contributed by atoms with van der Waals surface area (Å²) >= 11 is 5.89. The van der Waals surface area contributed by atoms with Crippen LogP contribution < -0.4 is 4.74 Å². The van der Waals surface area contributed by atoms with Crippen molar-refractivity contribution in [2.24, 2.45) is 0 Å². The number of ether oxygens (including phenoxy) is 1. The van der Waals surface area contributed by atoms with Crippen molar-refractivity contribution in [1.82, 2.24) is 29.4 Å². The van der Waals surface area contributed by atoms with Crippen LogP contribution in [0.5, 0.6) is 11.8 Å². The lowest BCUT2D eigenvalue weighted by molar-refractivity contribution is 0.442. The molecule has 0 saturated carbocycles. The Balaban J connectivity index is 1.59. The van der Waals surface area contributed by atoms with Crippen molar-refractivity contribution >= 4 is 28.3 Å². The van der Waals surface area contributed by atoms with Crippen LogP contribution in [0, 0.1) is 0 Å². The molecule has 0 spiro atoms. The monoisotopic (exact) mass is 362 g/mol. The van der Waals surface area contributed by atoms with E-state index in [0.717, 1.165) is 11.1 Å². The number of halogens is 1. The van der Waals surface area contributed by atoms with Gasteiger partial charge in [-0.2, -0.15) is 14.6 Å². The predicted molar refractivity (Wildman–Crippen MR) is 96.9 cm³/mol. The molecule has 0 aliphatic carbocycles. The van der Waals surface area contributed by atoms with Gasteiger partial charge in [0.2, 0.25) is 0 Å². The fraction of sp³-hybridized carbons (Fsp3) is 0. The lowest BCUT2D eigenvalue weighted by Gasteiger charge is -2.01. The van der Waals surface area contributed by atoms with E-state index in [4.69, 9.17) is 16.3 Å². The molecule has 0 aliphatic rings. The van der Waals surface area contributed by atoms with Crippen LogP contribution in [-0.4, -0.2) is 29.4 Å². The predicted octanol–water partition coefficient (Wildman–Crippen LogP) is 3.91. The Hall–Kier alpha value is -3.45. The molecule has 0 fully saturated rings. The number of para-hydroxylation sites is 1. The van der Waals surface area contributed by atoms with Crippen LogP contribution in [0.1, 0.15) is 0 Å². The van der Waals surface area contributed by atoms with Gasteiger partial charge >= 0.3 is 6.01 Å². The molecule has 0 amide bonds. The summed E-state index contributed by atoms with van der Waals surface area (Å²) in [5, 5.41) is 10.2. The smallest absolute Gasteiger partial charge is 0.342 e. The summed E-state index contributed by atoms with van der Waals surface area (Å²) in [4.78, 5) is 8.93. The summed E-state index contributed by atoms with van der Waals surface area (Å²) in [5.41, 5.74) is 2.26. The zero-order chi connectivity index (χ0) is 17.5. The maximum atomic E-state index is 5.89. The van der Waals surface area contributed by atoms with Crippen molar-refractivity contribution < 1.29 is 4.74 Å². The average Bonchev–Trinajstić information content (AvgIpc) is 3.27. The molecule has 126 valence electrons. The lowest BCUT2D eigenvalue weighted by atomic mass is 10.3. The highest BCUT2D eigenvalue weighted by Crippen LogP contribution is 2.24. The molecule has 5 rings (SSSR count). The van der Waals surface area contributed by atoms with Crippen molar-refractivity contribution in [3.05, 3.63) is 72.1 Å². The van der Waals surface area contributed by atoms with Crippen LogP contribution in [0.2, 0.25) is 5.02 Å². The second-order valence-corrected chi connectivity index (χ2v) is 6.03.